The Bertz CT molecular complexity index is 140. The summed E-state index contributed by atoms with van der Waals surface area (Å²) in [5.74, 6) is 0.487. The van der Waals surface area contributed by atoms with Crippen LogP contribution >= 0.6 is 0 Å². The molecule has 1 heteroatoms. The van der Waals surface area contributed by atoms with Gasteiger partial charge in [0.25, 0.3) is 0 Å². The molecule has 0 aromatic heterocycles. The van der Waals surface area contributed by atoms with E-state index in [-0.39, 0.29) is 5.41 Å². The molecule has 1 unspecified atom stereocenters. The van der Waals surface area contributed by atoms with Crippen LogP contribution in [-0.4, -0.2) is 5.78 Å². The Labute approximate surface area is 62.8 Å². The molecule has 0 radical (unpaired) electrons. The fourth-order valence-corrected chi connectivity index (χ4v) is 1.62. The van der Waals surface area contributed by atoms with Crippen LogP contribution < -0.4 is 0 Å². The Morgan fingerprint density at radius 1 is 1.50 bits per heavy atom. The van der Waals surface area contributed by atoms with Crippen LogP contribution in [0.25, 0.3) is 0 Å². The van der Waals surface area contributed by atoms with Crippen LogP contribution in [0.4, 0.5) is 0 Å². The maximum absolute atomic E-state index is 11.3. The Balaban J connectivity index is 2.63. The molecule has 1 nitrogen and oxygen atoms in total. The van der Waals surface area contributed by atoms with Crippen molar-refractivity contribution in [2.24, 2.45) is 5.41 Å². The van der Waals surface area contributed by atoms with Crippen molar-refractivity contribution < 1.29 is 4.79 Å². The maximum Gasteiger partial charge on any atom is 0.138 e. The summed E-state index contributed by atoms with van der Waals surface area (Å²) < 4.78 is 0. The number of rotatable bonds is 1. The van der Waals surface area contributed by atoms with Crippen LogP contribution in [0.2, 0.25) is 0 Å². The largest absolute Gasteiger partial charge is 0.299 e. The highest BCUT2D eigenvalue weighted by molar-refractivity contribution is 5.84. The van der Waals surface area contributed by atoms with Crippen molar-refractivity contribution in [3.05, 3.63) is 0 Å². The molecule has 0 spiro atoms. The van der Waals surface area contributed by atoms with E-state index in [2.05, 4.69) is 13.8 Å². The highest BCUT2D eigenvalue weighted by Crippen LogP contribution is 2.35. The fourth-order valence-electron chi connectivity index (χ4n) is 1.62. The molecule has 0 aliphatic heterocycles. The summed E-state index contributed by atoms with van der Waals surface area (Å²) in [7, 11) is 0. The average Bonchev–Trinajstić information content (AvgIpc) is 1.96. The van der Waals surface area contributed by atoms with Gasteiger partial charge in [-0.05, 0) is 19.3 Å². The molecule has 0 heterocycles. The molecule has 0 N–H and O–H groups in total. The van der Waals surface area contributed by atoms with E-state index in [1.54, 1.807) is 0 Å². The lowest BCUT2D eigenvalue weighted by Crippen LogP contribution is -2.30. The molecule has 0 aromatic rings. The first kappa shape index (κ1) is 7.77. The van der Waals surface area contributed by atoms with Gasteiger partial charge in [0, 0.05) is 11.8 Å². The van der Waals surface area contributed by atoms with Crippen LogP contribution in [0.3, 0.4) is 0 Å². The van der Waals surface area contributed by atoms with Gasteiger partial charge in [-0.25, -0.2) is 0 Å². The summed E-state index contributed by atoms with van der Waals surface area (Å²) in [4.78, 5) is 11.3. The summed E-state index contributed by atoms with van der Waals surface area (Å²) >= 11 is 0. The van der Waals surface area contributed by atoms with E-state index in [1.807, 2.05) is 0 Å². The molecule has 1 saturated carbocycles. The van der Waals surface area contributed by atoms with Gasteiger partial charge in [-0.3, -0.25) is 4.79 Å². The van der Waals surface area contributed by atoms with Gasteiger partial charge in [0.15, 0.2) is 0 Å². The Hall–Kier alpha value is -0.330. The molecule has 0 aromatic carbocycles. The fraction of sp³-hybridized carbons (Fsp3) is 0.889. The van der Waals surface area contributed by atoms with Crippen molar-refractivity contribution in [3.8, 4) is 0 Å². The highest BCUT2D eigenvalue weighted by Gasteiger charge is 2.32. The van der Waals surface area contributed by atoms with Crippen molar-refractivity contribution in [1.29, 1.82) is 0 Å². The van der Waals surface area contributed by atoms with Gasteiger partial charge in [0.05, 0.1) is 0 Å². The number of ketones is 1. The first-order chi connectivity index (χ1) is 4.69. The second kappa shape index (κ2) is 2.73. The SMILES string of the molecule is CCC1(C)CCCCC1=O. The number of hydrogen-bond acceptors (Lipinski definition) is 1. The van der Waals surface area contributed by atoms with Gasteiger partial charge in [-0.2, -0.15) is 0 Å². The van der Waals surface area contributed by atoms with Gasteiger partial charge in [0.1, 0.15) is 5.78 Å². The smallest absolute Gasteiger partial charge is 0.138 e. The molecule has 0 bridgehead atoms. The maximum atomic E-state index is 11.3. The zero-order valence-corrected chi connectivity index (χ0v) is 6.94. The Morgan fingerprint density at radius 3 is 2.60 bits per heavy atom. The van der Waals surface area contributed by atoms with Crippen LogP contribution in [0.1, 0.15) is 46.0 Å². The lowest BCUT2D eigenvalue weighted by Gasteiger charge is -2.30. The summed E-state index contributed by atoms with van der Waals surface area (Å²) in [6.07, 6.45) is 5.32. The van der Waals surface area contributed by atoms with Crippen LogP contribution in [0.15, 0.2) is 0 Å². The minimum Gasteiger partial charge on any atom is -0.299 e. The third kappa shape index (κ3) is 1.23. The van der Waals surface area contributed by atoms with Crippen molar-refractivity contribution in [1.82, 2.24) is 0 Å². The van der Waals surface area contributed by atoms with Crippen LogP contribution in [0.5, 0.6) is 0 Å². The van der Waals surface area contributed by atoms with E-state index in [0.717, 1.165) is 25.7 Å². The quantitative estimate of drug-likeness (QED) is 0.547. The van der Waals surface area contributed by atoms with Crippen molar-refractivity contribution in [3.63, 3.8) is 0 Å². The topological polar surface area (TPSA) is 17.1 Å². The number of carbonyl (C=O) groups is 1. The third-order valence-electron chi connectivity index (χ3n) is 2.84. The molecule has 1 rings (SSSR count). The minimum atomic E-state index is 0.0399. The molecule has 58 valence electrons. The molecule has 0 saturated heterocycles. The highest BCUT2D eigenvalue weighted by atomic mass is 16.1. The summed E-state index contributed by atoms with van der Waals surface area (Å²) in [5.41, 5.74) is 0.0399. The standard InChI is InChI=1S/C9H16O/c1-3-9(2)7-5-4-6-8(9)10/h3-7H2,1-2H3. The first-order valence-corrected chi connectivity index (χ1v) is 4.22. The second-order valence-electron chi connectivity index (χ2n) is 3.54. The average molecular weight is 140 g/mol. The minimum absolute atomic E-state index is 0.0399. The van der Waals surface area contributed by atoms with Crippen LogP contribution in [0, 0.1) is 5.41 Å². The molecular formula is C9H16O. The van der Waals surface area contributed by atoms with Gasteiger partial charge in [0.2, 0.25) is 0 Å². The van der Waals surface area contributed by atoms with E-state index in [4.69, 9.17) is 0 Å². The normalized spacial score (nSPS) is 34.4. The second-order valence-corrected chi connectivity index (χ2v) is 3.54. The molecular weight excluding hydrogens is 124 g/mol. The van der Waals surface area contributed by atoms with Crippen LogP contribution in [-0.2, 0) is 4.79 Å². The van der Waals surface area contributed by atoms with Crippen molar-refractivity contribution in [2.45, 2.75) is 46.0 Å². The van der Waals surface area contributed by atoms with E-state index in [1.165, 1.54) is 6.42 Å². The molecule has 1 fully saturated rings. The molecule has 1 aliphatic carbocycles. The van der Waals surface area contributed by atoms with Gasteiger partial charge in [-0.1, -0.05) is 20.3 Å². The van der Waals surface area contributed by atoms with Gasteiger partial charge in [-0.15, -0.1) is 0 Å². The lowest BCUT2D eigenvalue weighted by atomic mass is 9.73. The first-order valence-electron chi connectivity index (χ1n) is 4.22. The molecule has 0 amide bonds. The Kier molecular flexibility index (Phi) is 2.12. The summed E-state index contributed by atoms with van der Waals surface area (Å²) in [5, 5.41) is 0. The van der Waals surface area contributed by atoms with E-state index in [9.17, 15) is 4.79 Å². The molecule has 10 heavy (non-hydrogen) atoms. The summed E-state index contributed by atoms with van der Waals surface area (Å²) in [6.45, 7) is 4.22. The van der Waals surface area contributed by atoms with E-state index in [0.29, 0.717) is 5.78 Å². The van der Waals surface area contributed by atoms with E-state index < -0.39 is 0 Å². The molecule has 1 aliphatic rings. The number of hydrogen-bond donors (Lipinski definition) is 0. The monoisotopic (exact) mass is 140 g/mol. The van der Waals surface area contributed by atoms with Crippen molar-refractivity contribution >= 4 is 5.78 Å². The number of Topliss-reactive ketones (excluding diaryl/α,β-unsaturated/α-hetero) is 1. The van der Waals surface area contributed by atoms with Crippen molar-refractivity contribution in [2.75, 3.05) is 0 Å². The predicted octanol–water partition coefficient (Wildman–Crippen LogP) is 2.55. The zero-order valence-electron chi connectivity index (χ0n) is 6.94. The predicted molar refractivity (Wildman–Crippen MR) is 41.9 cm³/mol. The lowest BCUT2D eigenvalue weighted by molar-refractivity contribution is -0.130. The zero-order chi connectivity index (χ0) is 7.61. The molecule has 1 atom stereocenters. The van der Waals surface area contributed by atoms with Gasteiger partial charge >= 0.3 is 0 Å². The third-order valence-corrected chi connectivity index (χ3v) is 2.84. The summed E-state index contributed by atoms with van der Waals surface area (Å²) in [6, 6.07) is 0. The number of carbonyl (C=O) groups excluding carboxylic acids is 1. The van der Waals surface area contributed by atoms with E-state index >= 15 is 0 Å². The van der Waals surface area contributed by atoms with Gasteiger partial charge < -0.3 is 0 Å². The Morgan fingerprint density at radius 2 is 2.20 bits per heavy atom.